The van der Waals surface area contributed by atoms with Crippen LogP contribution in [0.4, 0.5) is 0 Å². The minimum absolute atomic E-state index is 1.16. The fourth-order valence-corrected chi connectivity index (χ4v) is 11.3. The van der Waals surface area contributed by atoms with Crippen LogP contribution in [0.25, 0.3) is 132 Å². The molecule has 0 radical (unpaired) electrons. The topological polar surface area (TPSA) is 9.86 Å². The summed E-state index contributed by atoms with van der Waals surface area (Å²) in [6.45, 7) is 0. The molecule has 0 aliphatic rings. The van der Waals surface area contributed by atoms with Gasteiger partial charge in [0.25, 0.3) is 0 Å². The first-order valence-electron chi connectivity index (χ1n) is 23.5. The normalized spacial score (nSPS) is 11.8. The number of para-hydroxylation sites is 4. The van der Waals surface area contributed by atoms with Crippen LogP contribution >= 0.6 is 0 Å². The van der Waals surface area contributed by atoms with Gasteiger partial charge in [-0.2, -0.15) is 0 Å². The van der Waals surface area contributed by atoms with Crippen molar-refractivity contribution in [3.05, 3.63) is 255 Å². The third-order valence-corrected chi connectivity index (χ3v) is 14.3. The van der Waals surface area contributed by atoms with E-state index in [4.69, 9.17) is 0 Å². The average molecular weight is 863 g/mol. The summed E-state index contributed by atoms with van der Waals surface area (Å²) in [5.74, 6) is 0. The number of hydrogen-bond acceptors (Lipinski definition) is 0. The summed E-state index contributed by atoms with van der Waals surface area (Å²) in [7, 11) is 0. The van der Waals surface area contributed by atoms with Crippen LogP contribution in [0.2, 0.25) is 0 Å². The van der Waals surface area contributed by atoms with Gasteiger partial charge in [0.2, 0.25) is 0 Å². The monoisotopic (exact) mass is 862 g/mol. The van der Waals surface area contributed by atoms with Crippen molar-refractivity contribution in [2.24, 2.45) is 0 Å². The van der Waals surface area contributed by atoms with E-state index in [0.29, 0.717) is 0 Å². The largest absolute Gasteiger partial charge is 0.309 e. The molecule has 0 atom stereocenters. The van der Waals surface area contributed by atoms with Gasteiger partial charge in [-0.3, -0.25) is 0 Å². The highest BCUT2D eigenvalue weighted by atomic mass is 15.0. The van der Waals surface area contributed by atoms with E-state index in [9.17, 15) is 0 Å². The first kappa shape index (κ1) is 38.3. The van der Waals surface area contributed by atoms with E-state index in [2.05, 4.69) is 264 Å². The van der Waals surface area contributed by atoms with Crippen molar-refractivity contribution in [1.29, 1.82) is 0 Å². The smallest absolute Gasteiger partial charge is 0.0541 e. The van der Waals surface area contributed by atoms with Gasteiger partial charge in [-0.1, -0.05) is 188 Å². The molecule has 68 heavy (non-hydrogen) atoms. The van der Waals surface area contributed by atoms with Crippen molar-refractivity contribution >= 4 is 75.9 Å². The molecule has 2 heteroatoms. The number of benzene rings is 12. The predicted molar refractivity (Wildman–Crippen MR) is 289 cm³/mol. The summed E-state index contributed by atoms with van der Waals surface area (Å²) in [6, 6.07) is 93.9. The van der Waals surface area contributed by atoms with E-state index in [1.165, 1.54) is 120 Å². The van der Waals surface area contributed by atoms with Crippen molar-refractivity contribution in [3.8, 4) is 55.9 Å². The Morgan fingerprint density at radius 3 is 1.09 bits per heavy atom. The molecule has 14 rings (SSSR count). The van der Waals surface area contributed by atoms with Gasteiger partial charge in [0.15, 0.2) is 0 Å². The first-order chi connectivity index (χ1) is 33.8. The molecule has 0 N–H and O–H groups in total. The standard InChI is InChI=1S/C66H42N2/c1-4-18-43(19-5-1)50-36-37-57(52-25-11-10-24-51(50)52)66-55-30-16-28-48(44-34-38-64-60(40-44)53-26-12-14-32-62(53)67(64)46-20-6-2-7-21-46)58(55)42-59-49(29-17-31-56(59)66)45-35-39-65-61(41-45)54-27-13-15-33-63(54)68(65)47-22-8-3-9-23-47/h1-42H. The Morgan fingerprint density at radius 1 is 0.191 bits per heavy atom. The molecule has 0 aliphatic heterocycles. The van der Waals surface area contributed by atoms with Crippen LogP contribution < -0.4 is 0 Å². The van der Waals surface area contributed by atoms with Gasteiger partial charge in [-0.05, 0) is 144 Å². The van der Waals surface area contributed by atoms with E-state index in [0.717, 1.165) is 11.4 Å². The molecule has 2 nitrogen and oxygen atoms in total. The van der Waals surface area contributed by atoms with Crippen molar-refractivity contribution < 1.29 is 0 Å². The summed E-state index contributed by atoms with van der Waals surface area (Å²) in [4.78, 5) is 0. The Bertz CT molecular complexity index is 4080. The average Bonchev–Trinajstić information content (AvgIpc) is 3.92. The molecule has 0 fully saturated rings. The highest BCUT2D eigenvalue weighted by Gasteiger charge is 2.21. The molecule has 2 heterocycles. The lowest BCUT2D eigenvalue weighted by molar-refractivity contribution is 1.18. The van der Waals surface area contributed by atoms with E-state index in [1.807, 2.05) is 0 Å². The van der Waals surface area contributed by atoms with Crippen LogP contribution in [-0.2, 0) is 0 Å². The van der Waals surface area contributed by atoms with Gasteiger partial charge < -0.3 is 9.13 Å². The molecule has 316 valence electrons. The lowest BCUT2D eigenvalue weighted by Gasteiger charge is -2.19. The molecule has 0 saturated heterocycles. The summed E-state index contributed by atoms with van der Waals surface area (Å²) < 4.78 is 4.79. The molecule has 0 saturated carbocycles. The zero-order chi connectivity index (χ0) is 44.7. The van der Waals surface area contributed by atoms with E-state index in [-0.39, 0.29) is 0 Å². The summed E-state index contributed by atoms with van der Waals surface area (Å²) in [6.07, 6.45) is 0. The summed E-state index contributed by atoms with van der Waals surface area (Å²) in [5.41, 5.74) is 16.9. The maximum atomic E-state index is 2.48. The molecule has 2 aromatic heterocycles. The van der Waals surface area contributed by atoms with Crippen LogP contribution in [0.1, 0.15) is 0 Å². The second-order valence-electron chi connectivity index (χ2n) is 18.0. The fourth-order valence-electron chi connectivity index (χ4n) is 11.3. The molecule has 0 unspecified atom stereocenters. The Balaban J connectivity index is 1.06. The van der Waals surface area contributed by atoms with Crippen LogP contribution in [0.3, 0.4) is 0 Å². The minimum Gasteiger partial charge on any atom is -0.309 e. The van der Waals surface area contributed by atoms with E-state index in [1.54, 1.807) is 0 Å². The molecule has 14 aromatic rings. The number of hydrogen-bond donors (Lipinski definition) is 0. The van der Waals surface area contributed by atoms with Crippen LogP contribution in [0, 0.1) is 0 Å². The quantitative estimate of drug-likeness (QED) is 0.147. The zero-order valence-corrected chi connectivity index (χ0v) is 37.1. The third kappa shape index (κ3) is 5.84. The lowest BCUT2D eigenvalue weighted by Crippen LogP contribution is -1.94. The summed E-state index contributed by atoms with van der Waals surface area (Å²) >= 11 is 0. The maximum absolute atomic E-state index is 2.48. The van der Waals surface area contributed by atoms with Crippen molar-refractivity contribution in [1.82, 2.24) is 9.13 Å². The van der Waals surface area contributed by atoms with E-state index < -0.39 is 0 Å². The van der Waals surface area contributed by atoms with Gasteiger partial charge in [-0.15, -0.1) is 0 Å². The molecule has 0 spiro atoms. The second-order valence-corrected chi connectivity index (χ2v) is 18.0. The molecule has 0 bridgehead atoms. The van der Waals surface area contributed by atoms with Gasteiger partial charge >= 0.3 is 0 Å². The van der Waals surface area contributed by atoms with Gasteiger partial charge in [0, 0.05) is 32.9 Å². The van der Waals surface area contributed by atoms with Gasteiger partial charge in [-0.25, -0.2) is 0 Å². The highest BCUT2D eigenvalue weighted by molar-refractivity contribution is 6.23. The Hall–Kier alpha value is -8.98. The highest BCUT2D eigenvalue weighted by Crippen LogP contribution is 2.47. The SMILES string of the molecule is c1ccc(-c2ccc(-c3c4cccc(-c5ccc6c(c5)c5ccccc5n6-c5ccccc5)c4cc4c(-c5ccc6c(c5)c5ccccc5n6-c5ccccc5)cccc34)c3ccccc23)cc1. The van der Waals surface area contributed by atoms with Gasteiger partial charge in [0.1, 0.15) is 0 Å². The molecular weight excluding hydrogens is 821 g/mol. The maximum Gasteiger partial charge on any atom is 0.0541 e. The van der Waals surface area contributed by atoms with Gasteiger partial charge in [0.05, 0.1) is 22.1 Å². The van der Waals surface area contributed by atoms with Crippen LogP contribution in [-0.4, -0.2) is 9.13 Å². The minimum atomic E-state index is 1.16. The summed E-state index contributed by atoms with van der Waals surface area (Å²) in [5, 5.41) is 12.4. The molecular formula is C66H42N2. The fraction of sp³-hybridized carbons (Fsp3) is 0. The Labute approximate surface area is 393 Å². The first-order valence-corrected chi connectivity index (χ1v) is 23.5. The lowest BCUT2D eigenvalue weighted by atomic mass is 9.84. The van der Waals surface area contributed by atoms with Crippen molar-refractivity contribution in [3.63, 3.8) is 0 Å². The van der Waals surface area contributed by atoms with Crippen LogP contribution in [0.5, 0.6) is 0 Å². The Kier molecular flexibility index (Phi) is 8.62. The molecule has 12 aromatic carbocycles. The number of nitrogens with zero attached hydrogens (tertiary/aromatic N) is 2. The van der Waals surface area contributed by atoms with Crippen LogP contribution in [0.15, 0.2) is 255 Å². The zero-order valence-electron chi connectivity index (χ0n) is 37.1. The predicted octanol–water partition coefficient (Wildman–Crippen LogP) is 18.0. The number of aromatic nitrogens is 2. The van der Waals surface area contributed by atoms with Crippen molar-refractivity contribution in [2.75, 3.05) is 0 Å². The number of fused-ring (bicyclic) bond motifs is 9. The number of rotatable bonds is 6. The van der Waals surface area contributed by atoms with E-state index >= 15 is 0 Å². The molecule has 0 aliphatic carbocycles. The third-order valence-electron chi connectivity index (χ3n) is 14.3. The second kappa shape index (κ2) is 15.3. The Morgan fingerprint density at radius 2 is 0.574 bits per heavy atom. The molecule has 0 amide bonds. The van der Waals surface area contributed by atoms with Crippen molar-refractivity contribution in [2.45, 2.75) is 0 Å².